The number of nitrogens with one attached hydrogen (secondary N) is 1. The van der Waals surface area contributed by atoms with Crippen LogP contribution in [-0.4, -0.2) is 35.4 Å². The van der Waals surface area contributed by atoms with Crippen LogP contribution in [0.25, 0.3) is 0 Å². The number of nitro benzene ring substituents is 1. The van der Waals surface area contributed by atoms with Crippen molar-refractivity contribution < 1.29 is 9.72 Å². The second-order valence-corrected chi connectivity index (χ2v) is 6.34. The zero-order chi connectivity index (χ0) is 17.8. The van der Waals surface area contributed by atoms with Gasteiger partial charge in [-0.25, -0.2) is 0 Å². The fraction of sp³-hybridized carbons (Fsp3) is 0.278. The summed E-state index contributed by atoms with van der Waals surface area (Å²) in [5.74, 6) is -0.0136. The van der Waals surface area contributed by atoms with Gasteiger partial charge in [0.05, 0.1) is 17.4 Å². The Morgan fingerprint density at radius 2 is 1.96 bits per heavy atom. The van der Waals surface area contributed by atoms with Crippen LogP contribution in [0.15, 0.2) is 48.5 Å². The molecule has 2 aromatic rings. The molecule has 0 saturated carbocycles. The number of nitrogens with zero attached hydrogens (tertiary/aromatic N) is 2. The van der Waals surface area contributed by atoms with Gasteiger partial charge in [0.1, 0.15) is 0 Å². The van der Waals surface area contributed by atoms with E-state index in [9.17, 15) is 14.9 Å². The van der Waals surface area contributed by atoms with Gasteiger partial charge in [-0.1, -0.05) is 41.9 Å². The van der Waals surface area contributed by atoms with E-state index in [0.717, 1.165) is 17.7 Å². The van der Waals surface area contributed by atoms with E-state index in [1.54, 1.807) is 12.1 Å². The van der Waals surface area contributed by atoms with Gasteiger partial charge in [-0.3, -0.25) is 14.9 Å². The van der Waals surface area contributed by atoms with E-state index in [1.807, 2.05) is 29.2 Å². The summed E-state index contributed by atoms with van der Waals surface area (Å²) in [4.78, 5) is 24.9. The second-order valence-electron chi connectivity index (χ2n) is 5.93. The maximum atomic E-state index is 12.8. The van der Waals surface area contributed by atoms with Crippen molar-refractivity contribution in [1.29, 1.82) is 0 Å². The summed E-state index contributed by atoms with van der Waals surface area (Å²) in [6, 6.07) is 13.5. The molecule has 7 heteroatoms. The lowest BCUT2D eigenvalue weighted by atomic mass is 10.0. The van der Waals surface area contributed by atoms with Gasteiger partial charge < -0.3 is 10.2 Å². The molecule has 0 radical (unpaired) electrons. The molecule has 1 N–H and O–H groups in total. The largest absolute Gasteiger partial charge is 0.333 e. The minimum Gasteiger partial charge on any atom is -0.333 e. The predicted molar refractivity (Wildman–Crippen MR) is 95.6 cm³/mol. The van der Waals surface area contributed by atoms with E-state index in [2.05, 4.69) is 5.32 Å². The van der Waals surface area contributed by atoms with Crippen molar-refractivity contribution >= 4 is 23.2 Å². The molecule has 1 atom stereocenters. The molecule has 0 bridgehead atoms. The summed E-state index contributed by atoms with van der Waals surface area (Å²) in [5, 5.41) is 14.7. The monoisotopic (exact) mass is 359 g/mol. The zero-order valence-corrected chi connectivity index (χ0v) is 14.3. The van der Waals surface area contributed by atoms with E-state index < -0.39 is 4.92 Å². The summed E-state index contributed by atoms with van der Waals surface area (Å²) in [6.07, 6.45) is 0.207. The third kappa shape index (κ3) is 3.97. The number of carbonyl (C=O) groups is 1. The predicted octanol–water partition coefficient (Wildman–Crippen LogP) is 2.96. The van der Waals surface area contributed by atoms with Gasteiger partial charge in [0.25, 0.3) is 5.69 Å². The third-order valence-electron chi connectivity index (χ3n) is 4.33. The van der Waals surface area contributed by atoms with E-state index in [0.29, 0.717) is 18.1 Å². The van der Waals surface area contributed by atoms with Gasteiger partial charge in [0.2, 0.25) is 5.91 Å². The Bertz CT molecular complexity index is 779. The molecular formula is C18H18ClN3O3. The van der Waals surface area contributed by atoms with Gasteiger partial charge in [-0.05, 0) is 17.2 Å². The van der Waals surface area contributed by atoms with Crippen LogP contribution in [0.5, 0.6) is 0 Å². The number of halogens is 1. The number of piperazine rings is 1. The van der Waals surface area contributed by atoms with Crippen molar-refractivity contribution in [2.24, 2.45) is 0 Å². The molecule has 0 aromatic heterocycles. The highest BCUT2D eigenvalue weighted by molar-refractivity contribution is 6.31. The van der Waals surface area contributed by atoms with Crippen molar-refractivity contribution in [3.05, 3.63) is 74.8 Å². The van der Waals surface area contributed by atoms with E-state index >= 15 is 0 Å². The second kappa shape index (κ2) is 7.63. The molecule has 2 aromatic carbocycles. The summed E-state index contributed by atoms with van der Waals surface area (Å²) in [5.41, 5.74) is 1.70. The van der Waals surface area contributed by atoms with Crippen LogP contribution in [0.1, 0.15) is 17.2 Å². The number of amides is 1. The molecule has 130 valence electrons. The summed E-state index contributed by atoms with van der Waals surface area (Å²) < 4.78 is 0. The molecule has 1 fully saturated rings. The highest BCUT2D eigenvalue weighted by Crippen LogP contribution is 2.29. The van der Waals surface area contributed by atoms with Crippen molar-refractivity contribution in [2.45, 2.75) is 12.5 Å². The Labute approximate surface area is 150 Å². The van der Waals surface area contributed by atoms with Crippen LogP contribution in [0.4, 0.5) is 5.69 Å². The van der Waals surface area contributed by atoms with Crippen molar-refractivity contribution in [1.82, 2.24) is 10.2 Å². The highest BCUT2D eigenvalue weighted by Gasteiger charge is 2.29. The fourth-order valence-corrected chi connectivity index (χ4v) is 3.30. The Morgan fingerprint density at radius 3 is 2.64 bits per heavy atom. The smallest absolute Gasteiger partial charge is 0.269 e. The van der Waals surface area contributed by atoms with Gasteiger partial charge in [0.15, 0.2) is 0 Å². The van der Waals surface area contributed by atoms with Gasteiger partial charge >= 0.3 is 0 Å². The first-order valence-corrected chi connectivity index (χ1v) is 8.42. The van der Waals surface area contributed by atoms with Crippen LogP contribution in [0.3, 0.4) is 0 Å². The van der Waals surface area contributed by atoms with Crippen molar-refractivity contribution in [2.75, 3.05) is 19.6 Å². The van der Waals surface area contributed by atoms with Crippen molar-refractivity contribution in [3.63, 3.8) is 0 Å². The van der Waals surface area contributed by atoms with Gasteiger partial charge in [-0.2, -0.15) is 0 Å². The highest BCUT2D eigenvalue weighted by atomic mass is 35.5. The minimum absolute atomic E-state index is 0.0136. The zero-order valence-electron chi connectivity index (χ0n) is 13.5. The van der Waals surface area contributed by atoms with Crippen LogP contribution >= 0.6 is 11.6 Å². The van der Waals surface area contributed by atoms with Gasteiger partial charge in [0, 0.05) is 36.8 Å². The standard InChI is InChI=1S/C18H18ClN3O3/c19-16-4-2-1-3-15(16)17-12-20-9-10-21(17)18(23)11-13-5-7-14(8-6-13)22(24)25/h1-8,17,20H,9-12H2. The average Bonchev–Trinajstić information content (AvgIpc) is 2.62. The Hall–Kier alpha value is -2.44. The quantitative estimate of drug-likeness (QED) is 0.672. The first kappa shape index (κ1) is 17.4. The number of nitro groups is 1. The molecule has 1 aliphatic rings. The molecule has 0 spiro atoms. The number of benzene rings is 2. The van der Waals surface area contributed by atoms with Crippen LogP contribution < -0.4 is 5.32 Å². The summed E-state index contributed by atoms with van der Waals surface area (Å²) in [6.45, 7) is 1.98. The molecular weight excluding hydrogens is 342 g/mol. The van der Waals surface area contributed by atoms with Crippen LogP contribution in [0, 0.1) is 10.1 Å². The van der Waals surface area contributed by atoms with E-state index in [-0.39, 0.29) is 24.1 Å². The summed E-state index contributed by atoms with van der Waals surface area (Å²) in [7, 11) is 0. The molecule has 1 unspecified atom stereocenters. The molecule has 6 nitrogen and oxygen atoms in total. The molecule has 1 aliphatic heterocycles. The Kier molecular flexibility index (Phi) is 5.31. The third-order valence-corrected chi connectivity index (χ3v) is 4.67. The molecule has 1 amide bonds. The lowest BCUT2D eigenvalue weighted by Crippen LogP contribution is -2.49. The van der Waals surface area contributed by atoms with Crippen molar-refractivity contribution in [3.8, 4) is 0 Å². The molecule has 0 aliphatic carbocycles. The maximum absolute atomic E-state index is 12.8. The summed E-state index contributed by atoms with van der Waals surface area (Å²) >= 11 is 6.31. The first-order chi connectivity index (χ1) is 12.1. The Balaban J connectivity index is 1.77. The fourth-order valence-electron chi connectivity index (χ4n) is 3.04. The normalized spacial score (nSPS) is 17.3. The molecule has 1 saturated heterocycles. The number of carbonyl (C=O) groups excluding carboxylic acids is 1. The lowest BCUT2D eigenvalue weighted by molar-refractivity contribution is -0.384. The SMILES string of the molecule is O=C(Cc1ccc([N+](=O)[O-])cc1)N1CCNCC1c1ccccc1Cl. The molecule has 25 heavy (non-hydrogen) atoms. The van der Waals surface area contributed by atoms with Crippen LogP contribution in [-0.2, 0) is 11.2 Å². The molecule has 3 rings (SSSR count). The first-order valence-electron chi connectivity index (χ1n) is 8.04. The average molecular weight is 360 g/mol. The lowest BCUT2D eigenvalue weighted by Gasteiger charge is -2.37. The number of hydrogen-bond acceptors (Lipinski definition) is 4. The topological polar surface area (TPSA) is 75.5 Å². The number of hydrogen-bond donors (Lipinski definition) is 1. The maximum Gasteiger partial charge on any atom is 0.269 e. The van der Waals surface area contributed by atoms with Crippen LogP contribution in [0.2, 0.25) is 5.02 Å². The van der Waals surface area contributed by atoms with E-state index in [1.165, 1.54) is 12.1 Å². The molecule has 1 heterocycles. The Morgan fingerprint density at radius 1 is 1.24 bits per heavy atom. The van der Waals surface area contributed by atoms with Gasteiger partial charge in [-0.15, -0.1) is 0 Å². The number of non-ortho nitro benzene ring substituents is 1. The number of rotatable bonds is 4. The van der Waals surface area contributed by atoms with E-state index in [4.69, 9.17) is 11.6 Å². The minimum atomic E-state index is -0.449.